The van der Waals surface area contributed by atoms with E-state index in [9.17, 15) is 4.79 Å². The van der Waals surface area contributed by atoms with Crippen molar-refractivity contribution in [3.63, 3.8) is 0 Å². The van der Waals surface area contributed by atoms with E-state index in [1.54, 1.807) is 12.1 Å². The number of amides is 1. The van der Waals surface area contributed by atoms with E-state index in [0.717, 1.165) is 23.1 Å². The maximum Gasteiger partial charge on any atom is 0.252 e. The molecule has 1 aliphatic heterocycles. The van der Waals surface area contributed by atoms with Crippen LogP contribution in [-0.2, 0) is 0 Å². The molecule has 1 aromatic rings. The van der Waals surface area contributed by atoms with Crippen molar-refractivity contribution in [1.29, 1.82) is 0 Å². The second-order valence-electron chi connectivity index (χ2n) is 3.79. The van der Waals surface area contributed by atoms with Gasteiger partial charge in [0, 0.05) is 21.2 Å². The predicted molar refractivity (Wildman–Crippen MR) is 72.9 cm³/mol. The molecule has 2 N–H and O–H groups in total. The van der Waals surface area contributed by atoms with Gasteiger partial charge in [-0.15, -0.1) is 0 Å². The molecule has 0 aromatic heterocycles. The van der Waals surface area contributed by atoms with Crippen LogP contribution in [-0.4, -0.2) is 25.0 Å². The highest BCUT2D eigenvalue weighted by Gasteiger charge is 2.18. The van der Waals surface area contributed by atoms with Crippen LogP contribution in [0.5, 0.6) is 0 Å². The van der Waals surface area contributed by atoms with E-state index in [2.05, 4.69) is 33.2 Å². The smallest absolute Gasteiger partial charge is 0.252 e. The van der Waals surface area contributed by atoms with Gasteiger partial charge in [-0.2, -0.15) is 0 Å². The predicted octanol–water partition coefficient (Wildman–Crippen LogP) is 2.04. The largest absolute Gasteiger partial charge is 0.348 e. The maximum absolute atomic E-state index is 12.0. The molecule has 1 unspecified atom stereocenters. The lowest BCUT2D eigenvalue weighted by Gasteiger charge is -2.12. The summed E-state index contributed by atoms with van der Waals surface area (Å²) in [4.78, 5) is 12.0. The molecule has 1 fully saturated rings. The molecule has 16 heavy (non-hydrogen) atoms. The van der Waals surface area contributed by atoms with Crippen molar-refractivity contribution < 1.29 is 4.79 Å². The van der Waals surface area contributed by atoms with Crippen molar-refractivity contribution in [2.24, 2.45) is 0 Å². The molecule has 1 aromatic carbocycles. The van der Waals surface area contributed by atoms with Gasteiger partial charge in [-0.25, -0.2) is 0 Å². The first-order valence-corrected chi connectivity index (χ1v) is 6.59. The first-order chi connectivity index (χ1) is 7.66. The highest BCUT2D eigenvalue weighted by atomic mass is 127. The Kier molecular flexibility index (Phi) is 4.05. The number of benzene rings is 1. The molecule has 5 heteroatoms. The Hall–Kier alpha value is -0.330. The minimum atomic E-state index is -0.0411. The molecular formula is C11H12ClIN2O. The van der Waals surface area contributed by atoms with Gasteiger partial charge in [0.05, 0.1) is 5.56 Å². The highest BCUT2D eigenvalue weighted by molar-refractivity contribution is 14.1. The Bertz CT molecular complexity index is 405. The Morgan fingerprint density at radius 1 is 1.56 bits per heavy atom. The van der Waals surface area contributed by atoms with E-state index < -0.39 is 0 Å². The fraction of sp³-hybridized carbons (Fsp3) is 0.364. The average molecular weight is 351 g/mol. The molecule has 3 nitrogen and oxygen atoms in total. The number of carbonyl (C=O) groups excluding carboxylic acids is 1. The number of halogens is 2. The van der Waals surface area contributed by atoms with Crippen LogP contribution in [0.3, 0.4) is 0 Å². The molecule has 0 spiro atoms. The van der Waals surface area contributed by atoms with Crippen LogP contribution in [0.15, 0.2) is 18.2 Å². The number of hydrogen-bond acceptors (Lipinski definition) is 2. The summed E-state index contributed by atoms with van der Waals surface area (Å²) >= 11 is 8.03. The minimum Gasteiger partial charge on any atom is -0.348 e. The van der Waals surface area contributed by atoms with E-state index >= 15 is 0 Å². The van der Waals surface area contributed by atoms with E-state index in [4.69, 9.17) is 11.6 Å². The third-order valence-corrected chi connectivity index (χ3v) is 3.74. The number of rotatable bonds is 2. The van der Waals surface area contributed by atoms with Crippen LogP contribution in [0.25, 0.3) is 0 Å². The van der Waals surface area contributed by atoms with Gasteiger partial charge in [-0.3, -0.25) is 4.79 Å². The van der Waals surface area contributed by atoms with Crippen LogP contribution in [0.2, 0.25) is 5.02 Å². The Morgan fingerprint density at radius 2 is 2.38 bits per heavy atom. The lowest BCUT2D eigenvalue weighted by atomic mass is 10.2. The SMILES string of the molecule is O=C(NC1CCNC1)c1cc(Cl)ccc1I. The van der Waals surface area contributed by atoms with Crippen LogP contribution in [0, 0.1) is 3.57 Å². The second kappa shape index (κ2) is 5.33. The van der Waals surface area contributed by atoms with Crippen LogP contribution < -0.4 is 10.6 Å². The summed E-state index contributed by atoms with van der Waals surface area (Å²) < 4.78 is 0.922. The fourth-order valence-corrected chi connectivity index (χ4v) is 2.47. The van der Waals surface area contributed by atoms with Gasteiger partial charge in [0.25, 0.3) is 5.91 Å². The molecule has 0 saturated carbocycles. The normalized spacial score (nSPS) is 19.8. The number of hydrogen-bond donors (Lipinski definition) is 2. The summed E-state index contributed by atoms with van der Waals surface area (Å²) in [7, 11) is 0. The zero-order valence-corrected chi connectivity index (χ0v) is 11.5. The zero-order valence-electron chi connectivity index (χ0n) is 8.59. The molecule has 1 heterocycles. The van der Waals surface area contributed by atoms with Crippen molar-refractivity contribution in [2.75, 3.05) is 13.1 Å². The van der Waals surface area contributed by atoms with Crippen molar-refractivity contribution in [2.45, 2.75) is 12.5 Å². The van der Waals surface area contributed by atoms with Gasteiger partial charge in [0.2, 0.25) is 0 Å². The number of nitrogens with one attached hydrogen (secondary N) is 2. The lowest BCUT2D eigenvalue weighted by molar-refractivity contribution is 0.0939. The van der Waals surface area contributed by atoms with Crippen molar-refractivity contribution >= 4 is 40.1 Å². The first-order valence-electron chi connectivity index (χ1n) is 5.13. The van der Waals surface area contributed by atoms with Gasteiger partial charge in [0.1, 0.15) is 0 Å². The summed E-state index contributed by atoms with van der Waals surface area (Å²) in [5.41, 5.74) is 0.653. The molecule has 0 aliphatic carbocycles. The molecular weight excluding hydrogens is 338 g/mol. The average Bonchev–Trinajstić information content (AvgIpc) is 2.74. The van der Waals surface area contributed by atoms with Crippen LogP contribution >= 0.6 is 34.2 Å². The topological polar surface area (TPSA) is 41.1 Å². The van der Waals surface area contributed by atoms with Gasteiger partial charge >= 0.3 is 0 Å². The summed E-state index contributed by atoms with van der Waals surface area (Å²) in [6.45, 7) is 1.82. The molecule has 1 amide bonds. The molecule has 86 valence electrons. The van der Waals surface area contributed by atoms with E-state index in [1.165, 1.54) is 0 Å². The number of carbonyl (C=O) groups is 1. The molecule has 1 saturated heterocycles. The van der Waals surface area contributed by atoms with Crippen LogP contribution in [0.4, 0.5) is 0 Å². The van der Waals surface area contributed by atoms with E-state index in [0.29, 0.717) is 10.6 Å². The Morgan fingerprint density at radius 3 is 3.06 bits per heavy atom. The zero-order chi connectivity index (χ0) is 11.5. The summed E-state index contributed by atoms with van der Waals surface area (Å²) in [5.74, 6) is -0.0411. The van der Waals surface area contributed by atoms with Gasteiger partial charge in [-0.05, 0) is 53.8 Å². The van der Waals surface area contributed by atoms with Gasteiger partial charge in [-0.1, -0.05) is 11.6 Å². The van der Waals surface area contributed by atoms with E-state index in [-0.39, 0.29) is 11.9 Å². The van der Waals surface area contributed by atoms with Gasteiger partial charge < -0.3 is 10.6 Å². The van der Waals surface area contributed by atoms with Crippen LogP contribution in [0.1, 0.15) is 16.8 Å². The lowest BCUT2D eigenvalue weighted by Crippen LogP contribution is -2.36. The molecule has 0 bridgehead atoms. The molecule has 0 radical (unpaired) electrons. The Labute approximate surface area is 113 Å². The summed E-state index contributed by atoms with van der Waals surface area (Å²) in [6.07, 6.45) is 0.989. The molecule has 2 rings (SSSR count). The second-order valence-corrected chi connectivity index (χ2v) is 5.39. The first kappa shape index (κ1) is 12.1. The summed E-state index contributed by atoms with van der Waals surface area (Å²) in [5, 5.41) is 6.80. The quantitative estimate of drug-likeness (QED) is 0.802. The van der Waals surface area contributed by atoms with Crippen molar-refractivity contribution in [3.8, 4) is 0 Å². The highest BCUT2D eigenvalue weighted by Crippen LogP contribution is 2.18. The third kappa shape index (κ3) is 2.87. The fourth-order valence-electron chi connectivity index (χ4n) is 1.71. The van der Waals surface area contributed by atoms with Gasteiger partial charge in [0.15, 0.2) is 0 Å². The maximum atomic E-state index is 12.0. The monoisotopic (exact) mass is 350 g/mol. The van der Waals surface area contributed by atoms with E-state index in [1.807, 2.05) is 6.07 Å². The standard InChI is InChI=1S/C11H12ClIN2O/c12-7-1-2-10(13)9(5-7)11(16)15-8-3-4-14-6-8/h1-2,5,8,14H,3-4,6H2,(H,15,16). The molecule has 1 atom stereocenters. The minimum absolute atomic E-state index is 0.0411. The van der Waals surface area contributed by atoms with Crippen molar-refractivity contribution in [3.05, 3.63) is 32.4 Å². The van der Waals surface area contributed by atoms with Crippen molar-refractivity contribution in [1.82, 2.24) is 10.6 Å². The molecule has 1 aliphatic rings. The third-order valence-electron chi connectivity index (χ3n) is 2.57. The summed E-state index contributed by atoms with van der Waals surface area (Å²) in [6, 6.07) is 5.59. The Balaban J connectivity index is 2.10.